The second-order valence-electron chi connectivity index (χ2n) is 4.11. The monoisotopic (exact) mass is 239 g/mol. The second-order valence-corrected chi connectivity index (χ2v) is 4.11. The summed E-state index contributed by atoms with van der Waals surface area (Å²) in [6.07, 6.45) is 0. The highest BCUT2D eigenvalue weighted by Gasteiger charge is 2.06. The van der Waals surface area contributed by atoms with Crippen LogP contribution >= 0.6 is 0 Å². The van der Waals surface area contributed by atoms with Crippen molar-refractivity contribution in [3.8, 4) is 11.1 Å². The largest absolute Gasteiger partial charge is 0.207 e. The highest BCUT2D eigenvalue weighted by Crippen LogP contribution is 2.26. The normalized spacial score (nSPS) is 10.8. The predicted octanol–water partition coefficient (Wildman–Crippen LogP) is 4.59. The summed E-state index contributed by atoms with van der Waals surface area (Å²) in [5.41, 5.74) is 1.15. The molecule has 3 rings (SSSR count). The van der Waals surface area contributed by atoms with Gasteiger partial charge in [-0.2, -0.15) is 0 Å². The van der Waals surface area contributed by atoms with Crippen molar-refractivity contribution in [2.75, 3.05) is 0 Å². The van der Waals surface area contributed by atoms with Crippen molar-refractivity contribution >= 4 is 10.8 Å². The zero-order chi connectivity index (χ0) is 12.5. The SMILES string of the molecule is Fc1ccc(-c2ccc3c[c]ccc3c2)c(F)c1. The van der Waals surface area contributed by atoms with Crippen molar-refractivity contribution in [2.45, 2.75) is 0 Å². The summed E-state index contributed by atoms with van der Waals surface area (Å²) in [6, 6.07) is 17.8. The Labute approximate surface area is 104 Å². The Hall–Kier alpha value is -2.22. The van der Waals surface area contributed by atoms with Gasteiger partial charge in [0.05, 0.1) is 0 Å². The first-order chi connectivity index (χ1) is 8.74. The fraction of sp³-hybridized carbons (Fsp3) is 0. The summed E-state index contributed by atoms with van der Waals surface area (Å²) >= 11 is 0. The van der Waals surface area contributed by atoms with Gasteiger partial charge in [0.1, 0.15) is 11.6 Å². The zero-order valence-corrected chi connectivity index (χ0v) is 9.45. The summed E-state index contributed by atoms with van der Waals surface area (Å²) in [5, 5.41) is 2.05. The van der Waals surface area contributed by atoms with Crippen LogP contribution in [0.2, 0.25) is 0 Å². The van der Waals surface area contributed by atoms with E-state index in [1.54, 1.807) is 0 Å². The summed E-state index contributed by atoms with van der Waals surface area (Å²) in [5.74, 6) is -1.11. The summed E-state index contributed by atoms with van der Waals surface area (Å²) < 4.78 is 26.6. The number of hydrogen-bond acceptors (Lipinski definition) is 0. The van der Waals surface area contributed by atoms with Crippen LogP contribution in [-0.4, -0.2) is 0 Å². The van der Waals surface area contributed by atoms with Gasteiger partial charge in [-0.3, -0.25) is 0 Å². The van der Waals surface area contributed by atoms with Crippen molar-refractivity contribution in [1.29, 1.82) is 0 Å². The first-order valence-corrected chi connectivity index (χ1v) is 5.59. The Morgan fingerprint density at radius 1 is 0.833 bits per heavy atom. The van der Waals surface area contributed by atoms with Gasteiger partial charge in [0.25, 0.3) is 0 Å². The Balaban J connectivity index is 2.19. The number of benzene rings is 3. The van der Waals surface area contributed by atoms with E-state index in [2.05, 4.69) is 6.07 Å². The van der Waals surface area contributed by atoms with Gasteiger partial charge < -0.3 is 0 Å². The third kappa shape index (κ3) is 1.86. The number of hydrogen-bond donors (Lipinski definition) is 0. The molecule has 0 aromatic heterocycles. The van der Waals surface area contributed by atoms with E-state index in [4.69, 9.17) is 0 Å². The molecule has 3 aromatic rings. The second kappa shape index (κ2) is 4.22. The molecule has 0 fully saturated rings. The fourth-order valence-corrected chi connectivity index (χ4v) is 2.02. The number of fused-ring (bicyclic) bond motifs is 1. The van der Waals surface area contributed by atoms with Gasteiger partial charge in [0.2, 0.25) is 0 Å². The minimum atomic E-state index is -0.563. The van der Waals surface area contributed by atoms with E-state index in [-0.39, 0.29) is 0 Å². The van der Waals surface area contributed by atoms with E-state index in [9.17, 15) is 8.78 Å². The van der Waals surface area contributed by atoms with E-state index in [0.29, 0.717) is 5.56 Å². The van der Waals surface area contributed by atoms with Gasteiger partial charge in [-0.05, 0) is 46.7 Å². The molecular formula is C16H9F2. The van der Waals surface area contributed by atoms with Crippen molar-refractivity contribution in [2.24, 2.45) is 0 Å². The lowest BCUT2D eigenvalue weighted by Gasteiger charge is -2.05. The average Bonchev–Trinajstić information content (AvgIpc) is 2.38. The standard InChI is InChI=1S/C16H9F2/c17-14-7-8-15(16(18)10-14)13-6-5-11-3-1-2-4-12(11)9-13/h2-10H. The maximum atomic E-state index is 13.7. The van der Waals surface area contributed by atoms with E-state index >= 15 is 0 Å². The lowest BCUT2D eigenvalue weighted by molar-refractivity contribution is 0.585. The van der Waals surface area contributed by atoms with E-state index in [1.165, 1.54) is 12.1 Å². The van der Waals surface area contributed by atoms with Crippen LogP contribution in [0.1, 0.15) is 0 Å². The summed E-state index contributed by atoms with van der Waals surface area (Å²) in [4.78, 5) is 0. The topological polar surface area (TPSA) is 0 Å². The molecular weight excluding hydrogens is 230 g/mol. The summed E-state index contributed by atoms with van der Waals surface area (Å²) in [6.45, 7) is 0. The molecule has 0 bridgehead atoms. The molecule has 0 amide bonds. The highest BCUT2D eigenvalue weighted by atomic mass is 19.1. The maximum absolute atomic E-state index is 13.7. The highest BCUT2D eigenvalue weighted by molar-refractivity contribution is 5.87. The van der Waals surface area contributed by atoms with Crippen LogP contribution in [0.5, 0.6) is 0 Å². The Kier molecular flexibility index (Phi) is 2.56. The smallest absolute Gasteiger partial charge is 0.133 e. The van der Waals surface area contributed by atoms with Crippen molar-refractivity contribution in [3.63, 3.8) is 0 Å². The van der Waals surface area contributed by atoms with Crippen molar-refractivity contribution in [1.82, 2.24) is 0 Å². The number of halogens is 2. The third-order valence-corrected chi connectivity index (χ3v) is 2.93. The molecule has 87 valence electrons. The van der Waals surface area contributed by atoms with Crippen LogP contribution in [0.15, 0.2) is 54.6 Å². The first kappa shape index (κ1) is 10.9. The zero-order valence-electron chi connectivity index (χ0n) is 9.45. The number of rotatable bonds is 1. The Bertz CT molecular complexity index is 717. The van der Waals surface area contributed by atoms with Crippen LogP contribution in [0.25, 0.3) is 21.9 Å². The molecule has 0 saturated carbocycles. The summed E-state index contributed by atoms with van der Waals surface area (Å²) in [7, 11) is 0. The molecule has 0 atom stereocenters. The third-order valence-electron chi connectivity index (χ3n) is 2.93. The van der Waals surface area contributed by atoms with Crippen LogP contribution in [0, 0.1) is 17.7 Å². The quantitative estimate of drug-likeness (QED) is 0.582. The van der Waals surface area contributed by atoms with Gasteiger partial charge in [0.15, 0.2) is 0 Å². The Morgan fingerprint density at radius 2 is 1.72 bits per heavy atom. The van der Waals surface area contributed by atoms with E-state index in [0.717, 1.165) is 22.4 Å². The molecule has 2 heteroatoms. The molecule has 18 heavy (non-hydrogen) atoms. The van der Waals surface area contributed by atoms with Gasteiger partial charge in [-0.1, -0.05) is 24.3 Å². The maximum Gasteiger partial charge on any atom is 0.133 e. The average molecular weight is 239 g/mol. The molecule has 0 aliphatic heterocycles. The molecule has 0 unspecified atom stereocenters. The molecule has 0 N–H and O–H groups in total. The minimum absolute atomic E-state index is 0.408. The molecule has 1 radical (unpaired) electrons. The van der Waals surface area contributed by atoms with Crippen molar-refractivity contribution < 1.29 is 8.78 Å². The lowest BCUT2D eigenvalue weighted by Crippen LogP contribution is -1.86. The van der Waals surface area contributed by atoms with Crippen LogP contribution in [0.3, 0.4) is 0 Å². The van der Waals surface area contributed by atoms with Gasteiger partial charge in [0, 0.05) is 11.6 Å². The van der Waals surface area contributed by atoms with Crippen LogP contribution in [-0.2, 0) is 0 Å². The van der Waals surface area contributed by atoms with E-state index < -0.39 is 11.6 Å². The lowest BCUT2D eigenvalue weighted by atomic mass is 10.0. The van der Waals surface area contributed by atoms with Crippen LogP contribution < -0.4 is 0 Å². The molecule has 0 saturated heterocycles. The van der Waals surface area contributed by atoms with Gasteiger partial charge in [-0.25, -0.2) is 8.78 Å². The van der Waals surface area contributed by atoms with E-state index in [1.807, 2.05) is 36.4 Å². The predicted molar refractivity (Wildman–Crippen MR) is 68.1 cm³/mol. The van der Waals surface area contributed by atoms with Gasteiger partial charge >= 0.3 is 0 Å². The minimum Gasteiger partial charge on any atom is -0.207 e. The molecule has 0 spiro atoms. The molecule has 0 aliphatic carbocycles. The van der Waals surface area contributed by atoms with Crippen LogP contribution in [0.4, 0.5) is 8.78 Å². The molecule has 3 aromatic carbocycles. The molecule has 0 aliphatic rings. The Morgan fingerprint density at radius 3 is 2.56 bits per heavy atom. The van der Waals surface area contributed by atoms with Gasteiger partial charge in [-0.15, -0.1) is 0 Å². The molecule has 0 nitrogen and oxygen atoms in total. The van der Waals surface area contributed by atoms with Crippen molar-refractivity contribution in [3.05, 3.63) is 72.3 Å². The fourth-order valence-electron chi connectivity index (χ4n) is 2.02. The first-order valence-electron chi connectivity index (χ1n) is 5.59. The molecule has 0 heterocycles.